The molecule has 6 saturated heterocycles. The van der Waals surface area contributed by atoms with E-state index in [-0.39, 0.29) is 18.3 Å². The molecule has 4 saturated carbocycles. The number of amides is 1. The summed E-state index contributed by atoms with van der Waals surface area (Å²) in [6.07, 6.45) is -38.3. The monoisotopic (exact) mass is 1420 g/mol. The molecular formula is C66H105NO32. The second-order valence-electron chi connectivity index (χ2n) is 31.8. The first-order valence-electron chi connectivity index (χ1n) is 34.5. The van der Waals surface area contributed by atoms with Crippen molar-refractivity contribution in [3.05, 3.63) is 11.6 Å². The maximum atomic E-state index is 16.0. The molecule has 11 aliphatic rings. The average molecular weight is 1420 g/mol. The molecule has 33 heteroatoms. The minimum absolute atomic E-state index is 0.0308. The maximum absolute atomic E-state index is 16.0. The second kappa shape index (κ2) is 28.7. The van der Waals surface area contributed by atoms with Gasteiger partial charge in [-0.1, -0.05) is 60.1 Å². The highest BCUT2D eigenvalue weighted by Gasteiger charge is 2.75. The summed E-state index contributed by atoms with van der Waals surface area (Å²) in [5.41, 5.74) is -7.11. The van der Waals surface area contributed by atoms with Crippen molar-refractivity contribution >= 4 is 17.8 Å². The van der Waals surface area contributed by atoms with Crippen LogP contribution in [0.1, 0.15) is 114 Å². The molecule has 6 aliphatic heterocycles. The zero-order chi connectivity index (χ0) is 72.3. The van der Waals surface area contributed by atoms with Gasteiger partial charge in [0.05, 0.1) is 58.0 Å². The van der Waals surface area contributed by atoms with Crippen molar-refractivity contribution in [2.24, 2.45) is 50.2 Å². The molecule has 0 unspecified atom stereocenters. The first kappa shape index (κ1) is 77.2. The van der Waals surface area contributed by atoms with Crippen LogP contribution in [0.25, 0.3) is 0 Å². The first-order chi connectivity index (χ1) is 46.3. The lowest BCUT2D eigenvalue weighted by Gasteiger charge is -2.72. The van der Waals surface area contributed by atoms with Gasteiger partial charge in [-0.25, -0.2) is 0 Å². The van der Waals surface area contributed by atoms with E-state index in [0.29, 0.717) is 44.9 Å². The Balaban J connectivity index is 0.857. The van der Waals surface area contributed by atoms with Crippen LogP contribution in [0.5, 0.6) is 0 Å². The summed E-state index contributed by atoms with van der Waals surface area (Å²) >= 11 is 0. The number of aliphatic hydroxyl groups is 16. The number of fused-ring (bicyclic) bond motifs is 7. The average Bonchev–Trinajstić information content (AvgIpc) is 0.731. The van der Waals surface area contributed by atoms with Gasteiger partial charge >= 0.3 is 11.9 Å². The Morgan fingerprint density at radius 2 is 1.15 bits per heavy atom. The van der Waals surface area contributed by atoms with Gasteiger partial charge in [-0.2, -0.15) is 0 Å². The summed E-state index contributed by atoms with van der Waals surface area (Å²) in [6, 6.07) is -1.30. The molecular weight excluding hydrogens is 1320 g/mol. The Hall–Kier alpha value is -2.93. The number of esters is 2. The van der Waals surface area contributed by atoms with Gasteiger partial charge in [0.1, 0.15) is 121 Å². The molecule has 0 aromatic rings. The molecule has 1 amide bonds. The molecule has 0 bridgehead atoms. The fraction of sp³-hybridized carbons (Fsp3) is 0.924. The van der Waals surface area contributed by atoms with Crippen LogP contribution < -0.4 is 5.32 Å². The third-order valence-electron chi connectivity index (χ3n) is 25.0. The number of ether oxygens (including phenoxy) is 13. The van der Waals surface area contributed by atoms with E-state index < -0.39 is 274 Å². The van der Waals surface area contributed by atoms with Gasteiger partial charge in [0.2, 0.25) is 12.2 Å². The fourth-order valence-corrected chi connectivity index (χ4v) is 19.0. The molecule has 33 nitrogen and oxygen atoms in total. The van der Waals surface area contributed by atoms with E-state index in [4.69, 9.17) is 61.6 Å². The molecule has 566 valence electrons. The van der Waals surface area contributed by atoms with Crippen LogP contribution >= 0.6 is 0 Å². The van der Waals surface area contributed by atoms with Gasteiger partial charge in [0.15, 0.2) is 37.6 Å². The predicted molar refractivity (Wildman–Crippen MR) is 328 cm³/mol. The Kier molecular flexibility index (Phi) is 22.4. The van der Waals surface area contributed by atoms with E-state index in [0.717, 1.165) is 12.5 Å². The Morgan fingerprint density at radius 3 is 1.76 bits per heavy atom. The minimum Gasteiger partial charge on any atom is -0.463 e. The molecule has 0 radical (unpaired) electrons. The summed E-state index contributed by atoms with van der Waals surface area (Å²) in [6.45, 7) is 12.5. The third kappa shape index (κ3) is 13.5. The number of hydrogen-bond acceptors (Lipinski definition) is 32. The van der Waals surface area contributed by atoms with Crippen LogP contribution in [0.15, 0.2) is 11.6 Å². The molecule has 11 rings (SSSR count). The topological polar surface area (TPSA) is 507 Å². The Morgan fingerprint density at radius 1 is 0.566 bits per heavy atom. The highest BCUT2D eigenvalue weighted by Crippen LogP contribution is 2.76. The van der Waals surface area contributed by atoms with Crippen molar-refractivity contribution < 1.29 is 158 Å². The van der Waals surface area contributed by atoms with Crippen LogP contribution in [0.3, 0.4) is 0 Å². The normalized spacial score (nSPS) is 51.8. The number of rotatable bonds is 17. The van der Waals surface area contributed by atoms with Gasteiger partial charge in [0.25, 0.3) is 0 Å². The lowest BCUT2D eigenvalue weighted by Crippen LogP contribution is -2.73. The van der Waals surface area contributed by atoms with E-state index >= 15 is 4.79 Å². The number of aliphatic hydroxyl groups excluding tert-OH is 15. The lowest BCUT2D eigenvalue weighted by atomic mass is 9.32. The standard InChI is InChI=1S/C66H105NO32/c1-26(69)67-38-44(79)42(77)33(23-91-56-48(41(76)32(73)21-90-56)97-54-45(80)39(74)30(71)19-88-54)93-53(38)95-37-13-14-62(7)35(61(37,5)6)12-15-63(8)36(62)11-10-28-29-18-60(3,4)16-17-66(29,51(83)50(82)64(28,63)9)59(85)99-57-49(98-55-46(81)40(75)31(72)20-89-55)47(43(78)34(94-57)22-87-27(2)70)96-58-52(84)65(86,24-68)25-92-58/h10,29-58,68,71-84,86H,11-25H2,1-9H3,(H,67,69)/t29-,30-,31+,32-,33+,34+,35-,36+,37-,38+,39-,40-,41-,42+,43+,44+,45+,46+,47-,48+,49+,50-,51+,52-,53-,54-,55-,56-,57-,58-,62-,63+,64-,65+,66+/m0/s1. The number of hydrogen-bond donors (Lipinski definition) is 17. The van der Waals surface area contributed by atoms with Crippen molar-refractivity contribution in [3.8, 4) is 0 Å². The predicted octanol–water partition coefficient (Wildman–Crippen LogP) is -5.17. The number of nitrogens with one attached hydrogen (secondary N) is 1. The van der Waals surface area contributed by atoms with Crippen molar-refractivity contribution in [1.29, 1.82) is 0 Å². The van der Waals surface area contributed by atoms with E-state index in [1.807, 2.05) is 20.8 Å². The smallest absolute Gasteiger partial charge is 0.317 e. The van der Waals surface area contributed by atoms with Crippen LogP contribution in [0.4, 0.5) is 0 Å². The minimum atomic E-state index is -2.25. The molecule has 99 heavy (non-hydrogen) atoms. The van der Waals surface area contributed by atoms with Crippen molar-refractivity contribution in [1.82, 2.24) is 5.32 Å². The third-order valence-corrected chi connectivity index (χ3v) is 25.0. The van der Waals surface area contributed by atoms with Crippen LogP contribution in [0, 0.1) is 50.2 Å². The molecule has 0 spiro atoms. The van der Waals surface area contributed by atoms with E-state index in [1.165, 1.54) is 6.92 Å². The van der Waals surface area contributed by atoms with Gasteiger partial charge in [0, 0.05) is 19.3 Å². The van der Waals surface area contributed by atoms with Crippen LogP contribution in [-0.2, 0) is 76.0 Å². The summed E-state index contributed by atoms with van der Waals surface area (Å²) in [7, 11) is 0. The summed E-state index contributed by atoms with van der Waals surface area (Å²) < 4.78 is 77.8. The van der Waals surface area contributed by atoms with Crippen LogP contribution in [0.2, 0.25) is 0 Å². The number of carbonyl (C=O) groups excluding carboxylic acids is 3. The summed E-state index contributed by atoms with van der Waals surface area (Å²) in [5.74, 6) is -3.55. The quantitative estimate of drug-likeness (QED) is 0.0368. The van der Waals surface area contributed by atoms with Gasteiger partial charge in [-0.15, -0.1) is 0 Å². The molecule has 35 atom stereocenters. The lowest BCUT2D eigenvalue weighted by molar-refractivity contribution is -0.369. The molecule has 10 fully saturated rings. The fourth-order valence-electron chi connectivity index (χ4n) is 19.0. The van der Waals surface area contributed by atoms with Crippen molar-refractivity contribution in [2.45, 2.75) is 285 Å². The molecule has 0 aromatic heterocycles. The largest absolute Gasteiger partial charge is 0.463 e. The maximum Gasteiger partial charge on any atom is 0.317 e. The molecule has 0 aromatic carbocycles. The zero-order valence-corrected chi connectivity index (χ0v) is 57.2. The molecule has 17 N–H and O–H groups in total. The van der Waals surface area contributed by atoms with Gasteiger partial charge in [-0.05, 0) is 90.8 Å². The number of allylic oxidation sites excluding steroid dienone is 1. The molecule has 5 aliphatic carbocycles. The van der Waals surface area contributed by atoms with E-state index in [9.17, 15) is 91.3 Å². The molecule has 6 heterocycles. The Bertz CT molecular complexity index is 2890. The Labute approximate surface area is 572 Å². The summed E-state index contributed by atoms with van der Waals surface area (Å²) in [5, 5.41) is 182. The zero-order valence-electron chi connectivity index (χ0n) is 57.2. The van der Waals surface area contributed by atoms with Crippen molar-refractivity contribution in [3.63, 3.8) is 0 Å². The summed E-state index contributed by atoms with van der Waals surface area (Å²) in [4.78, 5) is 41.1. The SMILES string of the molecule is CC(=O)N[C@H]1[C@H](O[C@H]2CC[C@]3(C)[C@H]4CC=C5[C@@H]6CC(C)(C)CC[C@]6(C(=O)O[C@@H]6O[C@H](COC(C)=O)[C@@H](O)[C@H](O[C@@H]7OC[C@](O)(CO)[C@H]7O)[C@H]6O[C@@H]6OC[C@@H](O)[C@H](O)[C@H]6O)[C@H](O)[C@H](O)[C@@]5(C)[C@]4(C)CC[C@H]3C2(C)C)O[C@H](CO[C@@H]2OC[C@H](O)[C@H](O)[C@H]2O[C@@H]2OC[C@H](O)[C@H](O)[C@H]2O)[C@@H](O)[C@@H]1O. The first-order valence-corrected chi connectivity index (χ1v) is 34.5. The second-order valence-corrected chi connectivity index (χ2v) is 31.8. The van der Waals surface area contributed by atoms with Crippen LogP contribution in [-0.4, -0.2) is 317 Å². The highest BCUT2D eigenvalue weighted by molar-refractivity contribution is 5.80. The number of carbonyl (C=O) groups is 3. The van der Waals surface area contributed by atoms with Gasteiger partial charge < -0.3 is 149 Å². The van der Waals surface area contributed by atoms with E-state index in [1.54, 1.807) is 0 Å². The van der Waals surface area contributed by atoms with Crippen molar-refractivity contribution in [2.75, 3.05) is 46.2 Å². The highest BCUT2D eigenvalue weighted by atomic mass is 16.8. The van der Waals surface area contributed by atoms with E-state index in [2.05, 4.69) is 39.1 Å². The van der Waals surface area contributed by atoms with Gasteiger partial charge in [-0.3, -0.25) is 14.4 Å².